The molecule has 1 fully saturated rings. The number of methoxy groups -OCH3 is 1. The number of aromatic nitrogens is 1. The fourth-order valence-electron chi connectivity index (χ4n) is 1.95. The first-order chi connectivity index (χ1) is 8.29. The Morgan fingerprint density at radius 1 is 1.35 bits per heavy atom. The number of ether oxygens (including phenoxy) is 1. The minimum absolute atomic E-state index is 0.497. The van der Waals surface area contributed by atoms with Crippen molar-refractivity contribution in [1.82, 2.24) is 4.98 Å². The Balaban J connectivity index is 1.99. The van der Waals surface area contributed by atoms with Crippen molar-refractivity contribution in [2.75, 3.05) is 30.4 Å². The second kappa shape index (κ2) is 5.52. The van der Waals surface area contributed by atoms with Gasteiger partial charge in [0.15, 0.2) is 0 Å². The summed E-state index contributed by atoms with van der Waals surface area (Å²) in [5, 5.41) is 2.53. The SMILES string of the molecule is COC(=O)Nc1ccc(N2CCCCC2)cn1. The number of carbonyl (C=O) groups excluding carboxylic acids is 1. The summed E-state index contributed by atoms with van der Waals surface area (Å²) in [5.74, 6) is 0.512. The van der Waals surface area contributed by atoms with Crippen LogP contribution in [0.1, 0.15) is 19.3 Å². The minimum Gasteiger partial charge on any atom is -0.453 e. The van der Waals surface area contributed by atoms with Crippen LogP contribution < -0.4 is 10.2 Å². The lowest BCUT2D eigenvalue weighted by Gasteiger charge is -2.28. The van der Waals surface area contributed by atoms with E-state index in [9.17, 15) is 4.79 Å². The molecule has 1 aliphatic heterocycles. The number of carbonyl (C=O) groups is 1. The summed E-state index contributed by atoms with van der Waals surface area (Å²) in [4.78, 5) is 17.5. The number of hydrogen-bond acceptors (Lipinski definition) is 4. The Hall–Kier alpha value is -1.78. The summed E-state index contributed by atoms with van der Waals surface area (Å²) in [6, 6.07) is 3.77. The first kappa shape index (κ1) is 11.7. The zero-order valence-electron chi connectivity index (χ0n) is 9.98. The second-order valence-electron chi connectivity index (χ2n) is 4.07. The Morgan fingerprint density at radius 3 is 2.71 bits per heavy atom. The van der Waals surface area contributed by atoms with E-state index in [1.807, 2.05) is 6.07 Å². The van der Waals surface area contributed by atoms with Gasteiger partial charge in [0.2, 0.25) is 0 Å². The van der Waals surface area contributed by atoms with E-state index in [0.717, 1.165) is 18.8 Å². The van der Waals surface area contributed by atoms with Crippen molar-refractivity contribution in [2.24, 2.45) is 0 Å². The van der Waals surface area contributed by atoms with Crippen LogP contribution in [0.3, 0.4) is 0 Å². The van der Waals surface area contributed by atoms with E-state index in [0.29, 0.717) is 5.82 Å². The Labute approximate surface area is 101 Å². The van der Waals surface area contributed by atoms with Gasteiger partial charge in [-0.15, -0.1) is 0 Å². The number of pyridine rings is 1. The highest BCUT2D eigenvalue weighted by Crippen LogP contribution is 2.19. The average Bonchev–Trinajstić information content (AvgIpc) is 2.40. The highest BCUT2D eigenvalue weighted by molar-refractivity contribution is 5.83. The van der Waals surface area contributed by atoms with Gasteiger partial charge in [-0.05, 0) is 31.4 Å². The third-order valence-electron chi connectivity index (χ3n) is 2.88. The van der Waals surface area contributed by atoms with E-state index in [4.69, 9.17) is 0 Å². The molecule has 2 heterocycles. The van der Waals surface area contributed by atoms with Crippen LogP contribution in [0.25, 0.3) is 0 Å². The number of nitrogens with zero attached hydrogens (tertiary/aromatic N) is 2. The third-order valence-corrected chi connectivity index (χ3v) is 2.88. The first-order valence-corrected chi connectivity index (χ1v) is 5.85. The Morgan fingerprint density at radius 2 is 2.12 bits per heavy atom. The van der Waals surface area contributed by atoms with Crippen molar-refractivity contribution in [3.63, 3.8) is 0 Å². The molecular weight excluding hydrogens is 218 g/mol. The molecule has 0 unspecified atom stereocenters. The van der Waals surface area contributed by atoms with Crippen molar-refractivity contribution in [3.8, 4) is 0 Å². The quantitative estimate of drug-likeness (QED) is 0.854. The van der Waals surface area contributed by atoms with Gasteiger partial charge < -0.3 is 9.64 Å². The van der Waals surface area contributed by atoms with Gasteiger partial charge in [0.05, 0.1) is 19.0 Å². The zero-order chi connectivity index (χ0) is 12.1. The molecule has 2 rings (SSSR count). The van der Waals surface area contributed by atoms with E-state index >= 15 is 0 Å². The van der Waals surface area contributed by atoms with Crippen molar-refractivity contribution in [2.45, 2.75) is 19.3 Å². The molecule has 0 atom stereocenters. The van der Waals surface area contributed by atoms with Gasteiger partial charge >= 0.3 is 6.09 Å². The molecule has 0 spiro atoms. The lowest BCUT2D eigenvalue weighted by atomic mass is 10.1. The average molecular weight is 235 g/mol. The zero-order valence-corrected chi connectivity index (χ0v) is 9.98. The van der Waals surface area contributed by atoms with Crippen LogP contribution >= 0.6 is 0 Å². The van der Waals surface area contributed by atoms with E-state index in [1.165, 1.54) is 26.4 Å². The highest BCUT2D eigenvalue weighted by atomic mass is 16.5. The molecule has 0 aliphatic carbocycles. The molecule has 1 amide bonds. The van der Waals surface area contributed by atoms with Crippen molar-refractivity contribution < 1.29 is 9.53 Å². The summed E-state index contributed by atoms with van der Waals surface area (Å²) in [7, 11) is 1.33. The molecule has 1 aliphatic rings. The van der Waals surface area contributed by atoms with Crippen molar-refractivity contribution >= 4 is 17.6 Å². The molecule has 0 saturated carbocycles. The number of hydrogen-bond donors (Lipinski definition) is 1. The van der Waals surface area contributed by atoms with Crippen LogP contribution in [-0.2, 0) is 4.74 Å². The molecule has 0 radical (unpaired) electrons. The molecule has 92 valence electrons. The van der Waals surface area contributed by atoms with E-state index in [-0.39, 0.29) is 0 Å². The highest BCUT2D eigenvalue weighted by Gasteiger charge is 2.11. The molecule has 1 saturated heterocycles. The molecule has 1 aromatic rings. The van der Waals surface area contributed by atoms with E-state index < -0.39 is 6.09 Å². The Kier molecular flexibility index (Phi) is 3.80. The largest absolute Gasteiger partial charge is 0.453 e. The van der Waals surface area contributed by atoms with Gasteiger partial charge in [0.25, 0.3) is 0 Å². The van der Waals surface area contributed by atoms with Crippen LogP contribution in [0, 0.1) is 0 Å². The molecule has 1 aromatic heterocycles. The van der Waals surface area contributed by atoms with Gasteiger partial charge in [-0.3, -0.25) is 5.32 Å². The van der Waals surface area contributed by atoms with E-state index in [1.54, 1.807) is 12.3 Å². The van der Waals surface area contributed by atoms with Crippen LogP contribution in [0.4, 0.5) is 16.3 Å². The first-order valence-electron chi connectivity index (χ1n) is 5.85. The fourth-order valence-corrected chi connectivity index (χ4v) is 1.95. The van der Waals surface area contributed by atoms with Gasteiger partial charge in [0, 0.05) is 13.1 Å². The van der Waals surface area contributed by atoms with Crippen LogP contribution in [0.5, 0.6) is 0 Å². The topological polar surface area (TPSA) is 54.5 Å². The summed E-state index contributed by atoms with van der Waals surface area (Å²) >= 11 is 0. The maximum absolute atomic E-state index is 11.0. The van der Waals surface area contributed by atoms with Gasteiger partial charge in [-0.1, -0.05) is 0 Å². The summed E-state index contributed by atoms with van der Waals surface area (Å²) < 4.78 is 4.50. The van der Waals surface area contributed by atoms with Crippen LogP contribution in [0.2, 0.25) is 0 Å². The predicted octanol–water partition coefficient (Wildman–Crippen LogP) is 2.25. The van der Waals surface area contributed by atoms with Gasteiger partial charge in [0.1, 0.15) is 5.82 Å². The number of nitrogens with one attached hydrogen (secondary N) is 1. The Bertz CT molecular complexity index is 372. The molecular formula is C12H17N3O2. The van der Waals surface area contributed by atoms with Crippen molar-refractivity contribution in [1.29, 1.82) is 0 Å². The predicted molar refractivity (Wildman–Crippen MR) is 66.3 cm³/mol. The van der Waals surface area contributed by atoms with Crippen LogP contribution in [0.15, 0.2) is 18.3 Å². The van der Waals surface area contributed by atoms with E-state index in [2.05, 4.69) is 19.9 Å². The molecule has 17 heavy (non-hydrogen) atoms. The summed E-state index contributed by atoms with van der Waals surface area (Å²) in [5.41, 5.74) is 1.11. The smallest absolute Gasteiger partial charge is 0.412 e. The maximum Gasteiger partial charge on any atom is 0.412 e. The lowest BCUT2D eigenvalue weighted by Crippen LogP contribution is -2.29. The molecule has 1 N–H and O–H groups in total. The van der Waals surface area contributed by atoms with Gasteiger partial charge in [-0.25, -0.2) is 9.78 Å². The molecule has 5 heteroatoms. The standard InChI is InChI=1S/C12H17N3O2/c1-17-12(16)14-11-6-5-10(9-13-11)15-7-3-2-4-8-15/h5-6,9H,2-4,7-8H2,1H3,(H,13,14,16). The normalized spacial score (nSPS) is 15.5. The van der Waals surface area contributed by atoms with Crippen LogP contribution in [-0.4, -0.2) is 31.3 Å². The monoisotopic (exact) mass is 235 g/mol. The molecule has 5 nitrogen and oxygen atoms in total. The lowest BCUT2D eigenvalue weighted by molar-refractivity contribution is 0.187. The maximum atomic E-state index is 11.0. The molecule has 0 bridgehead atoms. The second-order valence-corrected chi connectivity index (χ2v) is 4.07. The number of piperidine rings is 1. The van der Waals surface area contributed by atoms with Gasteiger partial charge in [-0.2, -0.15) is 0 Å². The number of rotatable bonds is 2. The summed E-state index contributed by atoms with van der Waals surface area (Å²) in [6.45, 7) is 2.18. The van der Waals surface area contributed by atoms with Crippen molar-refractivity contribution in [3.05, 3.63) is 18.3 Å². The number of amides is 1. The third kappa shape index (κ3) is 3.09. The number of anilines is 2. The fraction of sp³-hybridized carbons (Fsp3) is 0.500. The molecule has 0 aromatic carbocycles. The minimum atomic E-state index is -0.497. The summed E-state index contributed by atoms with van der Waals surface area (Å²) in [6.07, 6.45) is 5.08.